The highest BCUT2D eigenvalue weighted by Gasteiger charge is 2.18. The molecule has 2 rings (SSSR count). The molecule has 2 N–H and O–H groups in total. The minimum atomic E-state index is -0.227. The van der Waals surface area contributed by atoms with Gasteiger partial charge < -0.3 is 15.5 Å². The third-order valence-electron chi connectivity index (χ3n) is 2.59. The lowest BCUT2D eigenvalue weighted by atomic mass is 10.3. The van der Waals surface area contributed by atoms with Crippen LogP contribution in [0.2, 0.25) is 0 Å². The normalized spacial score (nSPS) is 14.9. The van der Waals surface area contributed by atoms with Crippen LogP contribution in [0.1, 0.15) is 0 Å². The summed E-state index contributed by atoms with van der Waals surface area (Å²) >= 11 is 1.97. The Balaban J connectivity index is 1.86. The van der Waals surface area contributed by atoms with Gasteiger partial charge in [-0.3, -0.25) is 0 Å². The van der Waals surface area contributed by atoms with Gasteiger partial charge in [-0.25, -0.2) is 9.18 Å². The van der Waals surface area contributed by atoms with Gasteiger partial charge >= 0.3 is 6.03 Å². The predicted molar refractivity (Wildman–Crippen MR) is 72.6 cm³/mol. The van der Waals surface area contributed by atoms with E-state index in [-0.39, 0.29) is 11.8 Å². The number of hydrogen-bond acceptors (Lipinski definition) is 2. The van der Waals surface area contributed by atoms with Gasteiger partial charge in [0.1, 0.15) is 5.82 Å². The molecule has 0 aliphatic carbocycles. The van der Waals surface area contributed by atoms with E-state index in [0.717, 1.165) is 12.2 Å². The highest BCUT2D eigenvalue weighted by molar-refractivity contribution is 14.1. The lowest BCUT2D eigenvalue weighted by molar-refractivity contribution is 0.219. The maximum Gasteiger partial charge on any atom is 0.317 e. The van der Waals surface area contributed by atoms with Gasteiger partial charge in [0.05, 0.1) is 9.26 Å². The number of hydrogen-bond donors (Lipinski definition) is 2. The molecule has 1 heterocycles. The molecule has 2 amide bonds. The van der Waals surface area contributed by atoms with Crippen molar-refractivity contribution in [3.63, 3.8) is 0 Å². The smallest absolute Gasteiger partial charge is 0.317 e. The summed E-state index contributed by atoms with van der Waals surface area (Å²) < 4.78 is 13.8. The Morgan fingerprint density at radius 3 is 3.06 bits per heavy atom. The van der Waals surface area contributed by atoms with E-state index < -0.39 is 0 Å². The number of amides is 2. The van der Waals surface area contributed by atoms with Crippen LogP contribution in [0, 0.1) is 9.39 Å². The van der Waals surface area contributed by atoms with Crippen LogP contribution in [-0.2, 0) is 0 Å². The first-order valence-corrected chi connectivity index (χ1v) is 6.47. The molecule has 1 aliphatic heterocycles. The lowest BCUT2D eigenvalue weighted by Gasteiger charge is -2.15. The second-order valence-electron chi connectivity index (χ2n) is 3.75. The van der Waals surface area contributed by atoms with E-state index in [0.29, 0.717) is 23.2 Å². The first-order valence-electron chi connectivity index (χ1n) is 5.39. The summed E-state index contributed by atoms with van der Waals surface area (Å²) in [5.74, 6) is -0.227. The maximum absolute atomic E-state index is 13.2. The van der Waals surface area contributed by atoms with E-state index in [4.69, 9.17) is 0 Å². The lowest BCUT2D eigenvalue weighted by Crippen LogP contribution is -2.32. The molecule has 0 aromatic heterocycles. The van der Waals surface area contributed by atoms with Crippen molar-refractivity contribution in [2.24, 2.45) is 0 Å². The van der Waals surface area contributed by atoms with Crippen LogP contribution in [0.25, 0.3) is 0 Å². The first-order chi connectivity index (χ1) is 8.18. The molecule has 1 saturated heterocycles. The molecule has 1 aromatic rings. The molecular formula is C11H13FIN3O. The van der Waals surface area contributed by atoms with Crippen LogP contribution >= 0.6 is 22.6 Å². The van der Waals surface area contributed by atoms with Crippen LogP contribution < -0.4 is 10.6 Å². The largest absolute Gasteiger partial charge is 0.382 e. The topological polar surface area (TPSA) is 44.4 Å². The number of nitrogens with zero attached hydrogens (tertiary/aromatic N) is 1. The van der Waals surface area contributed by atoms with Crippen molar-refractivity contribution in [2.45, 2.75) is 0 Å². The number of anilines is 1. The molecule has 0 radical (unpaired) electrons. The number of carbonyl (C=O) groups excluding carboxylic acids is 1. The number of urea groups is 1. The van der Waals surface area contributed by atoms with E-state index in [9.17, 15) is 9.18 Å². The summed E-state index contributed by atoms with van der Waals surface area (Å²) in [7, 11) is 0. The van der Waals surface area contributed by atoms with Crippen molar-refractivity contribution < 1.29 is 9.18 Å². The Kier molecular flexibility index (Phi) is 4.03. The van der Waals surface area contributed by atoms with Crippen LogP contribution in [0.5, 0.6) is 0 Å². The molecule has 6 heteroatoms. The molecular weight excluding hydrogens is 336 g/mol. The Morgan fingerprint density at radius 2 is 2.35 bits per heavy atom. The summed E-state index contributed by atoms with van der Waals surface area (Å²) in [5.41, 5.74) is 0.769. The van der Waals surface area contributed by atoms with Crippen molar-refractivity contribution in [1.82, 2.24) is 10.2 Å². The standard InChI is InChI=1S/C11H13FIN3O/c12-8-2-1-3-9(10(8)13)14-4-6-16-7-5-15-11(16)17/h1-3,14H,4-7H2,(H,15,17). The molecule has 0 atom stereocenters. The van der Waals surface area contributed by atoms with Gasteiger partial charge in [0.25, 0.3) is 0 Å². The van der Waals surface area contributed by atoms with Crippen LogP contribution in [0.4, 0.5) is 14.9 Å². The van der Waals surface area contributed by atoms with Gasteiger partial charge in [0, 0.05) is 26.2 Å². The van der Waals surface area contributed by atoms with Gasteiger partial charge in [0.15, 0.2) is 0 Å². The zero-order chi connectivity index (χ0) is 12.3. The highest BCUT2D eigenvalue weighted by atomic mass is 127. The van der Waals surface area contributed by atoms with Crippen LogP contribution in [0.3, 0.4) is 0 Å². The number of halogens is 2. The first kappa shape index (κ1) is 12.4. The highest BCUT2D eigenvalue weighted by Crippen LogP contribution is 2.20. The Morgan fingerprint density at radius 1 is 1.53 bits per heavy atom. The molecule has 1 fully saturated rings. The molecule has 1 aliphatic rings. The fourth-order valence-corrected chi connectivity index (χ4v) is 2.24. The number of nitrogens with one attached hydrogen (secondary N) is 2. The van der Waals surface area contributed by atoms with Crippen molar-refractivity contribution in [2.75, 3.05) is 31.5 Å². The molecule has 17 heavy (non-hydrogen) atoms. The summed E-state index contributed by atoms with van der Waals surface area (Å²) in [5, 5.41) is 5.87. The minimum Gasteiger partial charge on any atom is -0.382 e. The molecule has 92 valence electrons. The van der Waals surface area contributed by atoms with E-state index in [1.165, 1.54) is 6.07 Å². The molecule has 1 aromatic carbocycles. The maximum atomic E-state index is 13.2. The Labute approximate surface area is 113 Å². The quantitative estimate of drug-likeness (QED) is 0.816. The average molecular weight is 349 g/mol. The van der Waals surface area contributed by atoms with Gasteiger partial charge in [0.2, 0.25) is 0 Å². The average Bonchev–Trinajstić information content (AvgIpc) is 2.71. The van der Waals surface area contributed by atoms with Gasteiger partial charge in [-0.15, -0.1) is 0 Å². The fraction of sp³-hybridized carbons (Fsp3) is 0.364. The van der Waals surface area contributed by atoms with Crippen molar-refractivity contribution in [3.8, 4) is 0 Å². The summed E-state index contributed by atoms with van der Waals surface area (Å²) in [6, 6.07) is 4.90. The van der Waals surface area contributed by atoms with Gasteiger partial charge in [-0.05, 0) is 34.7 Å². The van der Waals surface area contributed by atoms with Crippen molar-refractivity contribution >= 4 is 34.3 Å². The molecule has 4 nitrogen and oxygen atoms in total. The van der Waals surface area contributed by atoms with Gasteiger partial charge in [-0.1, -0.05) is 6.07 Å². The zero-order valence-electron chi connectivity index (χ0n) is 9.17. The van der Waals surface area contributed by atoms with Crippen LogP contribution in [-0.4, -0.2) is 37.1 Å². The molecule has 0 spiro atoms. The monoisotopic (exact) mass is 349 g/mol. The van der Waals surface area contributed by atoms with E-state index >= 15 is 0 Å². The second-order valence-corrected chi connectivity index (χ2v) is 4.83. The molecule has 0 bridgehead atoms. The fourth-order valence-electron chi connectivity index (χ4n) is 1.69. The van der Waals surface area contributed by atoms with Crippen molar-refractivity contribution in [3.05, 3.63) is 27.6 Å². The third-order valence-corrected chi connectivity index (χ3v) is 3.69. The summed E-state index contributed by atoms with van der Waals surface area (Å²) in [4.78, 5) is 13.0. The third kappa shape index (κ3) is 2.99. The minimum absolute atomic E-state index is 0.0271. The Bertz CT molecular complexity index is 427. The Hall–Kier alpha value is -1.05. The molecule has 0 unspecified atom stereocenters. The number of benzene rings is 1. The second kappa shape index (κ2) is 5.52. The zero-order valence-corrected chi connectivity index (χ0v) is 11.3. The van der Waals surface area contributed by atoms with Crippen LogP contribution in [0.15, 0.2) is 18.2 Å². The van der Waals surface area contributed by atoms with Gasteiger partial charge in [-0.2, -0.15) is 0 Å². The SMILES string of the molecule is O=C1NCCN1CCNc1cccc(F)c1I. The number of rotatable bonds is 4. The number of carbonyl (C=O) groups is 1. The van der Waals surface area contributed by atoms with E-state index in [1.54, 1.807) is 11.0 Å². The van der Waals surface area contributed by atoms with E-state index in [2.05, 4.69) is 10.6 Å². The summed E-state index contributed by atoms with van der Waals surface area (Å²) in [6.07, 6.45) is 0. The predicted octanol–water partition coefficient (Wildman–Crippen LogP) is 1.87. The van der Waals surface area contributed by atoms with Crippen molar-refractivity contribution in [1.29, 1.82) is 0 Å². The summed E-state index contributed by atoms with van der Waals surface area (Å²) in [6.45, 7) is 2.68. The van der Waals surface area contributed by atoms with E-state index in [1.807, 2.05) is 28.7 Å². The molecule has 0 saturated carbocycles.